The Morgan fingerprint density at radius 2 is 1.91 bits per heavy atom. The summed E-state index contributed by atoms with van der Waals surface area (Å²) in [6, 6.07) is 11.6. The number of thiophene rings is 1. The van der Waals surface area contributed by atoms with Crippen LogP contribution < -0.4 is 5.48 Å². The number of hydrogen-bond donors (Lipinski definition) is 2. The molecule has 1 aromatic heterocycles. The molecule has 1 aromatic carbocycles. The van der Waals surface area contributed by atoms with Crippen molar-refractivity contribution < 1.29 is 14.7 Å². The first-order valence-electron chi connectivity index (χ1n) is 7.97. The van der Waals surface area contributed by atoms with Gasteiger partial charge in [0.15, 0.2) is 0 Å². The number of benzene rings is 1. The third-order valence-corrected chi connectivity index (χ3v) is 5.46. The number of anilines is 1. The topological polar surface area (TPSA) is 58.6 Å². The predicted octanol–water partition coefficient (Wildman–Crippen LogP) is 5.04. The van der Waals surface area contributed by atoms with Crippen molar-refractivity contribution in [1.82, 2.24) is 0 Å². The maximum absolute atomic E-state index is 11.5. The first-order chi connectivity index (χ1) is 11.1. The highest BCUT2D eigenvalue weighted by Gasteiger charge is 2.21. The van der Waals surface area contributed by atoms with E-state index in [1.54, 1.807) is 0 Å². The number of carboxylic acids is 1. The zero-order chi connectivity index (χ0) is 16.2. The van der Waals surface area contributed by atoms with E-state index in [0.717, 1.165) is 42.0 Å². The fourth-order valence-corrected chi connectivity index (χ4v) is 3.81. The van der Waals surface area contributed by atoms with Gasteiger partial charge < -0.3 is 5.11 Å². The van der Waals surface area contributed by atoms with Crippen LogP contribution in [0.4, 0.5) is 5.69 Å². The maximum atomic E-state index is 11.5. The first-order valence-corrected chi connectivity index (χ1v) is 8.79. The van der Waals surface area contributed by atoms with E-state index >= 15 is 0 Å². The van der Waals surface area contributed by atoms with Gasteiger partial charge in [0.2, 0.25) is 0 Å². The SMILES string of the molecule is CC1CCC(ONc2cc(-c3ccccc3)sc2C(=O)O)CC1. The third kappa shape index (κ3) is 3.92. The second kappa shape index (κ2) is 7.15. The lowest BCUT2D eigenvalue weighted by molar-refractivity contribution is 0.0562. The maximum Gasteiger partial charge on any atom is 0.348 e. The Balaban J connectivity index is 1.73. The highest BCUT2D eigenvalue weighted by Crippen LogP contribution is 2.35. The Morgan fingerprint density at radius 3 is 2.57 bits per heavy atom. The van der Waals surface area contributed by atoms with Gasteiger partial charge in [0.25, 0.3) is 0 Å². The second-order valence-corrected chi connectivity index (χ2v) is 7.18. The molecule has 122 valence electrons. The third-order valence-electron chi connectivity index (χ3n) is 4.28. The van der Waals surface area contributed by atoms with Crippen LogP contribution in [0.3, 0.4) is 0 Å². The van der Waals surface area contributed by atoms with Gasteiger partial charge >= 0.3 is 5.97 Å². The molecular formula is C18H21NO3S. The Labute approximate surface area is 140 Å². The number of aromatic carboxylic acids is 1. The smallest absolute Gasteiger partial charge is 0.348 e. The Hall–Kier alpha value is -1.85. The molecule has 0 unspecified atom stereocenters. The molecule has 3 rings (SSSR count). The molecule has 23 heavy (non-hydrogen) atoms. The molecule has 1 heterocycles. The molecule has 1 aliphatic rings. The summed E-state index contributed by atoms with van der Waals surface area (Å²) in [4.78, 5) is 18.4. The van der Waals surface area contributed by atoms with Crippen molar-refractivity contribution in [3.63, 3.8) is 0 Å². The number of carbonyl (C=O) groups is 1. The summed E-state index contributed by atoms with van der Waals surface area (Å²) in [6.45, 7) is 2.26. The minimum absolute atomic E-state index is 0.160. The molecule has 0 saturated heterocycles. The quantitative estimate of drug-likeness (QED) is 0.754. The molecule has 0 amide bonds. The van der Waals surface area contributed by atoms with Gasteiger partial charge in [0, 0.05) is 4.88 Å². The van der Waals surface area contributed by atoms with Crippen molar-refractivity contribution in [2.75, 3.05) is 5.48 Å². The first kappa shape index (κ1) is 16.0. The van der Waals surface area contributed by atoms with Gasteiger partial charge in [0.1, 0.15) is 4.88 Å². The molecule has 5 heteroatoms. The van der Waals surface area contributed by atoms with E-state index in [4.69, 9.17) is 4.84 Å². The summed E-state index contributed by atoms with van der Waals surface area (Å²) < 4.78 is 0. The normalized spacial score (nSPS) is 21.1. The van der Waals surface area contributed by atoms with Gasteiger partial charge in [-0.05, 0) is 43.2 Å². The van der Waals surface area contributed by atoms with Crippen LogP contribution in [0, 0.1) is 5.92 Å². The molecule has 0 aliphatic heterocycles. The van der Waals surface area contributed by atoms with Crippen LogP contribution in [-0.4, -0.2) is 17.2 Å². The van der Waals surface area contributed by atoms with Gasteiger partial charge in [0.05, 0.1) is 11.8 Å². The average Bonchev–Trinajstić information content (AvgIpc) is 3.00. The predicted molar refractivity (Wildman–Crippen MR) is 92.8 cm³/mol. The van der Waals surface area contributed by atoms with E-state index < -0.39 is 5.97 Å². The molecule has 2 aromatic rings. The van der Waals surface area contributed by atoms with E-state index in [-0.39, 0.29) is 11.0 Å². The van der Waals surface area contributed by atoms with E-state index in [1.165, 1.54) is 11.3 Å². The van der Waals surface area contributed by atoms with Crippen molar-refractivity contribution in [3.8, 4) is 10.4 Å². The number of nitrogens with one attached hydrogen (secondary N) is 1. The van der Waals surface area contributed by atoms with Gasteiger partial charge in [-0.3, -0.25) is 10.3 Å². The lowest BCUT2D eigenvalue weighted by atomic mass is 9.89. The summed E-state index contributed by atoms with van der Waals surface area (Å²) in [5.74, 6) is -0.171. The van der Waals surface area contributed by atoms with Crippen LogP contribution >= 0.6 is 11.3 Å². The van der Waals surface area contributed by atoms with E-state index in [9.17, 15) is 9.90 Å². The largest absolute Gasteiger partial charge is 0.477 e. The van der Waals surface area contributed by atoms with E-state index in [1.807, 2.05) is 36.4 Å². The molecule has 0 radical (unpaired) electrons. The average molecular weight is 331 g/mol. The molecular weight excluding hydrogens is 310 g/mol. The van der Waals surface area contributed by atoms with Crippen LogP contribution in [0.1, 0.15) is 42.3 Å². The van der Waals surface area contributed by atoms with Gasteiger partial charge in [-0.1, -0.05) is 37.3 Å². The molecule has 2 N–H and O–H groups in total. The second-order valence-electron chi connectivity index (χ2n) is 6.13. The summed E-state index contributed by atoms with van der Waals surface area (Å²) in [6.07, 6.45) is 4.53. The standard InChI is InChI=1S/C18H21NO3S/c1-12-7-9-14(10-8-12)22-19-15-11-16(23-17(15)18(20)21)13-5-3-2-4-6-13/h2-6,11-12,14,19H,7-10H2,1H3,(H,20,21). The van der Waals surface area contributed by atoms with Gasteiger partial charge in [-0.15, -0.1) is 11.3 Å². The van der Waals surface area contributed by atoms with Crippen LogP contribution in [-0.2, 0) is 4.84 Å². The summed E-state index contributed by atoms with van der Waals surface area (Å²) >= 11 is 1.27. The highest BCUT2D eigenvalue weighted by molar-refractivity contribution is 7.18. The van der Waals surface area contributed by atoms with Crippen molar-refractivity contribution in [1.29, 1.82) is 0 Å². The molecule has 1 saturated carbocycles. The number of hydrogen-bond acceptors (Lipinski definition) is 4. The Bertz CT molecular complexity index is 660. The van der Waals surface area contributed by atoms with Crippen molar-refractivity contribution in [2.24, 2.45) is 5.92 Å². The fraction of sp³-hybridized carbons (Fsp3) is 0.389. The van der Waals surface area contributed by atoms with Crippen molar-refractivity contribution >= 4 is 23.0 Å². The van der Waals surface area contributed by atoms with Crippen molar-refractivity contribution in [2.45, 2.75) is 38.7 Å². The molecule has 1 fully saturated rings. The van der Waals surface area contributed by atoms with Crippen LogP contribution in [0.25, 0.3) is 10.4 Å². The van der Waals surface area contributed by atoms with Crippen LogP contribution in [0.5, 0.6) is 0 Å². The molecule has 1 aliphatic carbocycles. The molecule has 0 spiro atoms. The fourth-order valence-electron chi connectivity index (χ4n) is 2.86. The summed E-state index contributed by atoms with van der Waals surface area (Å²) in [5.41, 5.74) is 4.45. The zero-order valence-corrected chi connectivity index (χ0v) is 13.9. The van der Waals surface area contributed by atoms with Crippen LogP contribution in [0.15, 0.2) is 36.4 Å². The highest BCUT2D eigenvalue weighted by atomic mass is 32.1. The van der Waals surface area contributed by atoms with Gasteiger partial charge in [-0.25, -0.2) is 4.79 Å². The molecule has 0 bridgehead atoms. The minimum Gasteiger partial charge on any atom is -0.477 e. The lowest BCUT2D eigenvalue weighted by Crippen LogP contribution is -2.23. The van der Waals surface area contributed by atoms with Crippen molar-refractivity contribution in [3.05, 3.63) is 41.3 Å². The lowest BCUT2D eigenvalue weighted by Gasteiger charge is -2.26. The van der Waals surface area contributed by atoms with Crippen LogP contribution in [0.2, 0.25) is 0 Å². The van der Waals surface area contributed by atoms with Gasteiger partial charge in [-0.2, -0.15) is 0 Å². The summed E-state index contributed by atoms with van der Waals surface area (Å²) in [7, 11) is 0. The number of rotatable bonds is 5. The Kier molecular flexibility index (Phi) is 4.98. The zero-order valence-electron chi connectivity index (χ0n) is 13.1. The number of carboxylic acid groups (broad SMARTS) is 1. The minimum atomic E-state index is -0.930. The van der Waals surface area contributed by atoms with E-state index in [0.29, 0.717) is 5.69 Å². The summed E-state index contributed by atoms with van der Waals surface area (Å²) in [5, 5.41) is 9.41. The monoisotopic (exact) mass is 331 g/mol. The van der Waals surface area contributed by atoms with E-state index in [2.05, 4.69) is 12.4 Å². The Morgan fingerprint density at radius 1 is 1.22 bits per heavy atom. The molecule has 0 atom stereocenters. The molecule has 4 nitrogen and oxygen atoms in total.